The molecule has 1 N–H and O–H groups in total. The van der Waals surface area contributed by atoms with E-state index >= 15 is 0 Å². The minimum absolute atomic E-state index is 0.191. The highest BCUT2D eigenvalue weighted by Gasteiger charge is 2.17. The number of thiophene rings is 1. The zero-order chi connectivity index (χ0) is 19.8. The molecule has 0 aliphatic rings. The summed E-state index contributed by atoms with van der Waals surface area (Å²) in [6.07, 6.45) is 0. The summed E-state index contributed by atoms with van der Waals surface area (Å²) in [5.41, 5.74) is 2.43. The Hall–Kier alpha value is -2.35. The molecule has 0 radical (unpaired) electrons. The number of amides is 1. The van der Waals surface area contributed by atoms with E-state index in [9.17, 15) is 4.79 Å². The van der Waals surface area contributed by atoms with Gasteiger partial charge in [-0.2, -0.15) is 5.10 Å². The number of fused-ring (bicyclic) bond motifs is 1. The molecular formula is C20H15BrClN3O2S. The van der Waals surface area contributed by atoms with Crippen molar-refractivity contribution < 1.29 is 9.53 Å². The van der Waals surface area contributed by atoms with Crippen molar-refractivity contribution in [3.8, 4) is 11.4 Å². The predicted molar refractivity (Wildman–Crippen MR) is 117 cm³/mol. The third-order valence-electron chi connectivity index (χ3n) is 4.25. The van der Waals surface area contributed by atoms with Gasteiger partial charge in [0.1, 0.15) is 10.6 Å². The number of halogens is 2. The Labute approximate surface area is 179 Å². The van der Waals surface area contributed by atoms with Gasteiger partial charge in [0.25, 0.3) is 5.91 Å². The number of methoxy groups -OCH3 is 1. The molecule has 0 saturated heterocycles. The lowest BCUT2D eigenvalue weighted by Gasteiger charge is -2.07. The van der Waals surface area contributed by atoms with Crippen LogP contribution >= 0.6 is 38.9 Å². The zero-order valence-electron chi connectivity index (χ0n) is 15.0. The van der Waals surface area contributed by atoms with Gasteiger partial charge >= 0.3 is 0 Å². The molecule has 1 amide bonds. The van der Waals surface area contributed by atoms with E-state index in [-0.39, 0.29) is 5.91 Å². The molecule has 4 aromatic rings. The van der Waals surface area contributed by atoms with Crippen molar-refractivity contribution >= 4 is 60.7 Å². The molecule has 4 rings (SSSR count). The van der Waals surface area contributed by atoms with Crippen LogP contribution in [-0.2, 0) is 0 Å². The monoisotopic (exact) mass is 475 g/mol. The van der Waals surface area contributed by atoms with Crippen LogP contribution in [0.2, 0.25) is 5.02 Å². The van der Waals surface area contributed by atoms with Crippen LogP contribution in [-0.4, -0.2) is 22.8 Å². The fourth-order valence-corrected chi connectivity index (χ4v) is 4.45. The van der Waals surface area contributed by atoms with Gasteiger partial charge < -0.3 is 10.1 Å². The average molecular weight is 477 g/mol. The van der Waals surface area contributed by atoms with Gasteiger partial charge in [-0.15, -0.1) is 11.3 Å². The molecule has 2 heterocycles. The second-order valence-electron chi connectivity index (χ2n) is 6.11. The van der Waals surface area contributed by atoms with Crippen LogP contribution in [0, 0.1) is 6.92 Å². The SMILES string of the molecule is COc1ccc(NC(=O)c2cc3c(C)nn(-c4ccc(Br)cc4)c3s2)cc1Cl. The van der Waals surface area contributed by atoms with Gasteiger partial charge in [-0.25, -0.2) is 4.68 Å². The minimum atomic E-state index is -0.191. The number of rotatable bonds is 4. The van der Waals surface area contributed by atoms with Crippen molar-refractivity contribution in [2.75, 3.05) is 12.4 Å². The lowest BCUT2D eigenvalue weighted by Crippen LogP contribution is -2.10. The largest absolute Gasteiger partial charge is 0.495 e. The highest BCUT2D eigenvalue weighted by molar-refractivity contribution is 9.10. The van der Waals surface area contributed by atoms with Gasteiger partial charge in [0, 0.05) is 15.5 Å². The number of hydrogen-bond donors (Lipinski definition) is 1. The van der Waals surface area contributed by atoms with Crippen molar-refractivity contribution in [2.45, 2.75) is 6.92 Å². The average Bonchev–Trinajstić information content (AvgIpc) is 3.24. The molecule has 0 atom stereocenters. The van der Waals surface area contributed by atoms with Gasteiger partial charge in [0.15, 0.2) is 0 Å². The third kappa shape index (κ3) is 3.53. The number of ether oxygens (including phenoxy) is 1. The third-order valence-corrected chi connectivity index (χ3v) is 6.18. The van der Waals surface area contributed by atoms with E-state index in [4.69, 9.17) is 16.3 Å². The maximum atomic E-state index is 12.7. The Kier molecular flexibility index (Phi) is 5.14. The number of carbonyl (C=O) groups excluding carboxylic acids is 1. The number of aromatic nitrogens is 2. The van der Waals surface area contributed by atoms with E-state index in [1.54, 1.807) is 25.3 Å². The number of nitrogens with zero attached hydrogens (tertiary/aromatic N) is 2. The smallest absolute Gasteiger partial charge is 0.265 e. The molecular weight excluding hydrogens is 462 g/mol. The van der Waals surface area contributed by atoms with Gasteiger partial charge in [0.2, 0.25) is 0 Å². The van der Waals surface area contributed by atoms with Gasteiger partial charge in [-0.3, -0.25) is 4.79 Å². The highest BCUT2D eigenvalue weighted by Crippen LogP contribution is 2.32. The van der Waals surface area contributed by atoms with Crippen LogP contribution in [0.1, 0.15) is 15.4 Å². The van der Waals surface area contributed by atoms with E-state index in [0.717, 1.165) is 26.1 Å². The van der Waals surface area contributed by atoms with E-state index in [0.29, 0.717) is 21.3 Å². The summed E-state index contributed by atoms with van der Waals surface area (Å²) in [6.45, 7) is 1.94. The fourth-order valence-electron chi connectivity index (χ4n) is 2.85. The number of anilines is 1. The van der Waals surface area contributed by atoms with E-state index in [2.05, 4.69) is 26.3 Å². The molecule has 142 valence electrons. The molecule has 2 aromatic heterocycles. The van der Waals surface area contributed by atoms with Crippen LogP contribution in [0.25, 0.3) is 15.9 Å². The Bertz CT molecular complexity index is 1180. The molecule has 0 bridgehead atoms. The summed E-state index contributed by atoms with van der Waals surface area (Å²) in [6, 6.07) is 14.9. The fraction of sp³-hybridized carbons (Fsp3) is 0.100. The van der Waals surface area contributed by atoms with Crippen LogP contribution in [0.3, 0.4) is 0 Å². The molecule has 28 heavy (non-hydrogen) atoms. The Balaban J connectivity index is 1.66. The zero-order valence-corrected chi connectivity index (χ0v) is 18.2. The number of hydrogen-bond acceptors (Lipinski definition) is 4. The van der Waals surface area contributed by atoms with Gasteiger partial charge in [-0.1, -0.05) is 27.5 Å². The van der Waals surface area contributed by atoms with Crippen LogP contribution in [0.5, 0.6) is 5.75 Å². The van der Waals surface area contributed by atoms with Crippen LogP contribution in [0.4, 0.5) is 5.69 Å². The van der Waals surface area contributed by atoms with Gasteiger partial charge in [0.05, 0.1) is 28.4 Å². The Morgan fingerprint density at radius 1 is 1.21 bits per heavy atom. The maximum absolute atomic E-state index is 12.7. The topological polar surface area (TPSA) is 56.1 Å². The van der Waals surface area contributed by atoms with Crippen molar-refractivity contribution in [1.82, 2.24) is 9.78 Å². The number of benzene rings is 2. The lowest BCUT2D eigenvalue weighted by atomic mass is 10.2. The molecule has 0 fully saturated rings. The van der Waals surface area contributed by atoms with E-state index in [1.165, 1.54) is 11.3 Å². The molecule has 0 spiro atoms. The second kappa shape index (κ2) is 7.58. The van der Waals surface area contributed by atoms with E-state index in [1.807, 2.05) is 41.9 Å². The Morgan fingerprint density at radius 3 is 2.64 bits per heavy atom. The minimum Gasteiger partial charge on any atom is -0.495 e. The van der Waals surface area contributed by atoms with E-state index < -0.39 is 0 Å². The molecule has 0 saturated carbocycles. The van der Waals surface area contributed by atoms with Crippen LogP contribution < -0.4 is 10.1 Å². The van der Waals surface area contributed by atoms with Crippen LogP contribution in [0.15, 0.2) is 53.0 Å². The molecule has 2 aromatic carbocycles. The lowest BCUT2D eigenvalue weighted by molar-refractivity contribution is 0.103. The normalized spacial score (nSPS) is 11.0. The summed E-state index contributed by atoms with van der Waals surface area (Å²) in [4.78, 5) is 14.3. The molecule has 0 unspecified atom stereocenters. The quantitative estimate of drug-likeness (QED) is 0.389. The highest BCUT2D eigenvalue weighted by atomic mass is 79.9. The van der Waals surface area contributed by atoms with Crippen molar-refractivity contribution in [2.24, 2.45) is 0 Å². The summed E-state index contributed by atoms with van der Waals surface area (Å²) in [5, 5.41) is 8.90. The van der Waals surface area contributed by atoms with Crippen molar-refractivity contribution in [1.29, 1.82) is 0 Å². The maximum Gasteiger partial charge on any atom is 0.265 e. The number of nitrogens with one attached hydrogen (secondary N) is 1. The first-order valence-corrected chi connectivity index (χ1v) is 10.3. The summed E-state index contributed by atoms with van der Waals surface area (Å²) < 4.78 is 8.00. The molecule has 8 heteroatoms. The summed E-state index contributed by atoms with van der Waals surface area (Å²) in [7, 11) is 1.55. The number of carbonyl (C=O) groups is 1. The van der Waals surface area contributed by atoms with Gasteiger partial charge in [-0.05, 0) is 55.5 Å². The molecule has 5 nitrogen and oxygen atoms in total. The second-order valence-corrected chi connectivity index (χ2v) is 8.46. The summed E-state index contributed by atoms with van der Waals surface area (Å²) >= 11 is 11.0. The van der Waals surface area contributed by atoms with Crippen molar-refractivity contribution in [3.63, 3.8) is 0 Å². The first-order valence-electron chi connectivity index (χ1n) is 8.36. The Morgan fingerprint density at radius 2 is 1.96 bits per heavy atom. The van der Waals surface area contributed by atoms with Crippen molar-refractivity contribution in [3.05, 3.63) is 68.6 Å². The standard InChI is InChI=1S/C20H15BrClN3O2S/c1-11-15-10-18(19(26)23-13-5-8-17(27-2)16(22)9-13)28-20(15)25(24-11)14-6-3-12(21)4-7-14/h3-10H,1-2H3,(H,23,26). The number of aryl methyl sites for hydroxylation is 1. The first kappa shape index (κ1) is 19.0. The first-order chi connectivity index (χ1) is 13.5. The molecule has 0 aliphatic carbocycles. The summed E-state index contributed by atoms with van der Waals surface area (Å²) in [5.74, 6) is 0.371. The molecule has 0 aliphatic heterocycles. The predicted octanol–water partition coefficient (Wildman–Crippen LogP) is 6.07.